The average Bonchev–Trinajstić information content (AvgIpc) is 2.95. The zero-order valence-corrected chi connectivity index (χ0v) is 12.3. The van der Waals surface area contributed by atoms with E-state index in [1.165, 1.54) is 0 Å². The maximum atomic E-state index is 14.0. The Balaban J connectivity index is 1.82. The minimum absolute atomic E-state index is 0.134. The highest BCUT2D eigenvalue weighted by Gasteiger charge is 2.30. The van der Waals surface area contributed by atoms with E-state index in [4.69, 9.17) is 0 Å². The van der Waals surface area contributed by atoms with Gasteiger partial charge in [0.15, 0.2) is 0 Å². The number of aromatic amines is 2. The molecule has 6 nitrogen and oxygen atoms in total. The number of carbonyl (C=O) groups is 1. The van der Waals surface area contributed by atoms with Crippen LogP contribution in [0.5, 0.6) is 0 Å². The molecule has 0 saturated carbocycles. The Morgan fingerprint density at radius 1 is 1.25 bits per heavy atom. The normalized spacial score (nSPS) is 12.8. The Morgan fingerprint density at radius 2 is 1.92 bits per heavy atom. The number of amides is 1. The van der Waals surface area contributed by atoms with Crippen molar-refractivity contribution in [2.24, 2.45) is 0 Å². The Hall–Kier alpha value is -2.65. The van der Waals surface area contributed by atoms with E-state index < -0.39 is 29.5 Å². The first kappa shape index (κ1) is 17.7. The summed E-state index contributed by atoms with van der Waals surface area (Å²) in [6.07, 6.45) is -5.79. The van der Waals surface area contributed by atoms with Gasteiger partial charge in [-0.15, -0.1) is 0 Å². The average molecular weight is 346 g/mol. The summed E-state index contributed by atoms with van der Waals surface area (Å²) in [7, 11) is 0. The molecule has 3 N–H and O–H groups in total. The molecule has 130 valence electrons. The molecule has 0 saturated heterocycles. The van der Waals surface area contributed by atoms with Gasteiger partial charge >= 0.3 is 11.9 Å². The van der Waals surface area contributed by atoms with E-state index >= 15 is 0 Å². The van der Waals surface area contributed by atoms with Crippen LogP contribution in [0.4, 0.5) is 17.6 Å². The van der Waals surface area contributed by atoms with E-state index in [1.807, 2.05) is 0 Å². The van der Waals surface area contributed by atoms with E-state index in [0.717, 1.165) is 24.3 Å². The third kappa shape index (κ3) is 4.67. The molecule has 0 aliphatic heterocycles. The molecular weight excluding hydrogens is 332 g/mol. The number of carbonyl (C=O) groups excluding carboxylic acids is 1. The van der Waals surface area contributed by atoms with E-state index in [0.29, 0.717) is 18.7 Å². The second kappa shape index (κ2) is 7.28. The van der Waals surface area contributed by atoms with Gasteiger partial charge in [-0.2, -0.15) is 18.3 Å². The van der Waals surface area contributed by atoms with Gasteiger partial charge in [-0.05, 0) is 24.1 Å². The Bertz CT molecular complexity index is 736. The number of aryl methyl sites for hydroxylation is 1. The summed E-state index contributed by atoms with van der Waals surface area (Å²) in [4.78, 5) is 24.9. The van der Waals surface area contributed by atoms with Crippen LogP contribution in [0.15, 0.2) is 29.1 Å². The molecule has 1 aromatic heterocycles. The predicted molar refractivity (Wildman–Crippen MR) is 75.8 cm³/mol. The highest BCUT2D eigenvalue weighted by Crippen LogP contribution is 2.30. The molecule has 0 radical (unpaired) electrons. The van der Waals surface area contributed by atoms with Gasteiger partial charge in [-0.25, -0.2) is 14.3 Å². The highest BCUT2D eigenvalue weighted by atomic mass is 19.4. The first-order valence-electron chi connectivity index (χ1n) is 7.00. The number of H-pyrrole nitrogens is 2. The van der Waals surface area contributed by atoms with Crippen LogP contribution in [0.3, 0.4) is 0 Å². The number of alkyl halides is 4. The quantitative estimate of drug-likeness (QED) is 0.551. The molecule has 0 aliphatic rings. The molecule has 10 heteroatoms. The Kier molecular flexibility index (Phi) is 5.37. The number of benzene rings is 1. The van der Waals surface area contributed by atoms with Gasteiger partial charge in [0, 0.05) is 13.0 Å². The van der Waals surface area contributed by atoms with Crippen LogP contribution in [-0.2, 0) is 17.4 Å². The second-order valence-corrected chi connectivity index (χ2v) is 5.00. The third-order valence-electron chi connectivity index (χ3n) is 3.20. The Morgan fingerprint density at radius 3 is 2.46 bits per heavy atom. The highest BCUT2D eigenvalue weighted by molar-refractivity contribution is 5.82. The van der Waals surface area contributed by atoms with Crippen LogP contribution in [0.25, 0.3) is 0 Å². The van der Waals surface area contributed by atoms with Crippen molar-refractivity contribution >= 4 is 5.91 Å². The zero-order valence-electron chi connectivity index (χ0n) is 12.3. The fourth-order valence-corrected chi connectivity index (χ4v) is 1.97. The van der Waals surface area contributed by atoms with Crippen molar-refractivity contribution in [3.63, 3.8) is 0 Å². The molecule has 2 rings (SSSR count). The monoisotopic (exact) mass is 346 g/mol. The summed E-state index contributed by atoms with van der Waals surface area (Å²) in [5, 5.41) is 8.19. The standard InChI is InChI=1S/C14H14F4N4O2/c15-11(8-3-5-9(6-4-8)14(16,17)18)12(23)19-7-1-2-10-20-13(24)22-21-10/h3-6,11H,1-2,7H2,(H,19,23)(H2,20,21,22,24). The molecule has 24 heavy (non-hydrogen) atoms. The molecule has 0 aliphatic carbocycles. The largest absolute Gasteiger partial charge is 0.416 e. The van der Waals surface area contributed by atoms with E-state index in [2.05, 4.69) is 20.5 Å². The number of rotatable bonds is 6. The zero-order chi connectivity index (χ0) is 17.7. The predicted octanol–water partition coefficient (Wildman–Crippen LogP) is 1.88. The molecule has 1 atom stereocenters. The van der Waals surface area contributed by atoms with Crippen molar-refractivity contribution in [1.82, 2.24) is 20.5 Å². The summed E-state index contributed by atoms with van der Waals surface area (Å²) in [6, 6.07) is 3.31. The molecule has 1 heterocycles. The van der Waals surface area contributed by atoms with E-state index in [9.17, 15) is 27.2 Å². The van der Waals surface area contributed by atoms with Crippen molar-refractivity contribution in [2.45, 2.75) is 25.2 Å². The van der Waals surface area contributed by atoms with Gasteiger partial charge in [0.05, 0.1) is 5.56 Å². The van der Waals surface area contributed by atoms with Crippen molar-refractivity contribution in [3.8, 4) is 0 Å². The summed E-state index contributed by atoms with van der Waals surface area (Å²) < 4.78 is 51.2. The molecular formula is C14H14F4N4O2. The summed E-state index contributed by atoms with van der Waals surface area (Å²) >= 11 is 0. The lowest BCUT2D eigenvalue weighted by Gasteiger charge is -2.11. The lowest BCUT2D eigenvalue weighted by molar-refractivity contribution is -0.137. The number of halogens is 4. The fourth-order valence-electron chi connectivity index (χ4n) is 1.97. The van der Waals surface area contributed by atoms with Crippen molar-refractivity contribution < 1.29 is 22.4 Å². The maximum absolute atomic E-state index is 14.0. The van der Waals surface area contributed by atoms with Gasteiger partial charge < -0.3 is 5.32 Å². The smallest absolute Gasteiger partial charge is 0.353 e. The third-order valence-corrected chi connectivity index (χ3v) is 3.20. The van der Waals surface area contributed by atoms with Gasteiger partial charge in [-0.1, -0.05) is 12.1 Å². The number of nitrogens with one attached hydrogen (secondary N) is 3. The molecule has 0 spiro atoms. The van der Waals surface area contributed by atoms with Crippen LogP contribution >= 0.6 is 0 Å². The first-order chi connectivity index (χ1) is 11.3. The van der Waals surface area contributed by atoms with E-state index in [-0.39, 0.29) is 12.1 Å². The number of aromatic nitrogens is 3. The van der Waals surface area contributed by atoms with Gasteiger partial charge in [0.25, 0.3) is 5.91 Å². The molecule has 1 aromatic carbocycles. The van der Waals surface area contributed by atoms with Crippen LogP contribution in [0, 0.1) is 0 Å². The van der Waals surface area contributed by atoms with Gasteiger partial charge in [0.1, 0.15) is 5.82 Å². The molecule has 1 amide bonds. The van der Waals surface area contributed by atoms with Gasteiger partial charge in [0.2, 0.25) is 6.17 Å². The first-order valence-corrected chi connectivity index (χ1v) is 7.00. The maximum Gasteiger partial charge on any atom is 0.416 e. The summed E-state index contributed by atoms with van der Waals surface area (Å²) in [6.45, 7) is 0.134. The van der Waals surface area contributed by atoms with Crippen LogP contribution in [0.2, 0.25) is 0 Å². The van der Waals surface area contributed by atoms with Crippen LogP contribution in [0.1, 0.15) is 29.5 Å². The van der Waals surface area contributed by atoms with Crippen LogP contribution < -0.4 is 11.0 Å². The minimum Gasteiger partial charge on any atom is -0.353 e. The lowest BCUT2D eigenvalue weighted by Crippen LogP contribution is -2.28. The molecule has 0 bridgehead atoms. The summed E-state index contributed by atoms with van der Waals surface area (Å²) in [5.74, 6) is -0.529. The van der Waals surface area contributed by atoms with Crippen molar-refractivity contribution in [3.05, 3.63) is 51.7 Å². The SMILES string of the molecule is O=C(NCCCc1n[nH]c(=O)[nH]1)C(F)c1ccc(C(F)(F)F)cc1. The minimum atomic E-state index is -4.51. The fraction of sp³-hybridized carbons (Fsp3) is 0.357. The number of hydrogen-bond acceptors (Lipinski definition) is 3. The second-order valence-electron chi connectivity index (χ2n) is 5.00. The van der Waals surface area contributed by atoms with Crippen LogP contribution in [-0.4, -0.2) is 27.6 Å². The number of hydrogen-bond donors (Lipinski definition) is 3. The van der Waals surface area contributed by atoms with Crippen molar-refractivity contribution in [2.75, 3.05) is 6.54 Å². The molecule has 2 aromatic rings. The van der Waals surface area contributed by atoms with Gasteiger partial charge in [-0.3, -0.25) is 9.78 Å². The lowest BCUT2D eigenvalue weighted by atomic mass is 10.1. The van der Waals surface area contributed by atoms with Crippen molar-refractivity contribution in [1.29, 1.82) is 0 Å². The van der Waals surface area contributed by atoms with E-state index in [1.54, 1.807) is 0 Å². The Labute approximate surface area is 133 Å². The topological polar surface area (TPSA) is 90.6 Å². The summed E-state index contributed by atoms with van der Waals surface area (Å²) in [5.41, 5.74) is -1.51. The molecule has 1 unspecified atom stereocenters. The molecule has 0 fully saturated rings. The number of nitrogens with zero attached hydrogens (tertiary/aromatic N) is 1.